The molecule has 1 aromatic carbocycles. The summed E-state index contributed by atoms with van der Waals surface area (Å²) in [6, 6.07) is 6.14. The van der Waals surface area contributed by atoms with Gasteiger partial charge in [0.15, 0.2) is 0 Å². The molecule has 0 aromatic heterocycles. The van der Waals surface area contributed by atoms with E-state index in [4.69, 9.17) is 10.5 Å². The van der Waals surface area contributed by atoms with Crippen LogP contribution in [0.25, 0.3) is 0 Å². The van der Waals surface area contributed by atoms with Crippen molar-refractivity contribution < 1.29 is 4.74 Å². The zero-order valence-electron chi connectivity index (χ0n) is 10.1. The predicted molar refractivity (Wildman–Crippen MR) is 67.8 cm³/mol. The first-order valence-corrected chi connectivity index (χ1v) is 5.84. The van der Waals surface area contributed by atoms with E-state index in [9.17, 15) is 0 Å². The van der Waals surface area contributed by atoms with Crippen molar-refractivity contribution in [2.75, 3.05) is 30.8 Å². The van der Waals surface area contributed by atoms with Crippen LogP contribution in [0.1, 0.15) is 18.4 Å². The Labute approximate surface area is 97.2 Å². The molecule has 0 unspecified atom stereocenters. The zero-order chi connectivity index (χ0) is 11.5. The second-order valence-electron chi connectivity index (χ2n) is 4.47. The maximum Gasteiger partial charge on any atom is 0.0605 e. The molecule has 0 saturated carbocycles. The molecule has 1 heterocycles. The van der Waals surface area contributed by atoms with Crippen LogP contribution in [-0.4, -0.2) is 26.3 Å². The molecule has 1 aromatic rings. The van der Waals surface area contributed by atoms with Gasteiger partial charge < -0.3 is 15.4 Å². The van der Waals surface area contributed by atoms with Gasteiger partial charge >= 0.3 is 0 Å². The number of rotatable bonds is 2. The summed E-state index contributed by atoms with van der Waals surface area (Å²) in [5, 5.41) is 0. The minimum atomic E-state index is 0.435. The van der Waals surface area contributed by atoms with Crippen molar-refractivity contribution >= 4 is 11.4 Å². The molecule has 2 N–H and O–H groups in total. The van der Waals surface area contributed by atoms with E-state index in [1.165, 1.54) is 11.3 Å². The zero-order valence-corrected chi connectivity index (χ0v) is 10.1. The summed E-state index contributed by atoms with van der Waals surface area (Å²) >= 11 is 0. The van der Waals surface area contributed by atoms with Crippen molar-refractivity contribution in [3.05, 3.63) is 23.8 Å². The summed E-state index contributed by atoms with van der Waals surface area (Å²) in [6.45, 7) is 4.26. The van der Waals surface area contributed by atoms with Crippen LogP contribution in [0.4, 0.5) is 11.4 Å². The maximum absolute atomic E-state index is 5.76. The molecule has 0 spiro atoms. The predicted octanol–water partition coefficient (Wildman–Crippen LogP) is 2.19. The third-order valence-corrected chi connectivity index (χ3v) is 3.34. The van der Waals surface area contributed by atoms with Crippen LogP contribution >= 0.6 is 0 Å². The monoisotopic (exact) mass is 220 g/mol. The molecule has 1 saturated heterocycles. The van der Waals surface area contributed by atoms with Crippen LogP contribution in [0.3, 0.4) is 0 Å². The summed E-state index contributed by atoms with van der Waals surface area (Å²) in [5.74, 6) is 0. The lowest BCUT2D eigenvalue weighted by molar-refractivity contribution is 0.0819. The first kappa shape index (κ1) is 11.3. The Kier molecular flexibility index (Phi) is 3.34. The first-order valence-electron chi connectivity index (χ1n) is 5.84. The summed E-state index contributed by atoms with van der Waals surface area (Å²) < 4.78 is 5.38. The molecule has 0 amide bonds. The second kappa shape index (κ2) is 4.74. The molecule has 0 aliphatic carbocycles. The van der Waals surface area contributed by atoms with Crippen LogP contribution < -0.4 is 10.6 Å². The summed E-state index contributed by atoms with van der Waals surface area (Å²) in [6.07, 6.45) is 2.66. The van der Waals surface area contributed by atoms with Gasteiger partial charge in [-0.2, -0.15) is 0 Å². The van der Waals surface area contributed by atoms with Crippen molar-refractivity contribution in [2.24, 2.45) is 0 Å². The summed E-state index contributed by atoms with van der Waals surface area (Å²) in [4.78, 5) is 2.42. The molecule has 1 aliphatic rings. The van der Waals surface area contributed by atoms with E-state index in [0.717, 1.165) is 31.6 Å². The van der Waals surface area contributed by atoms with Crippen molar-refractivity contribution in [2.45, 2.75) is 25.9 Å². The topological polar surface area (TPSA) is 38.5 Å². The minimum Gasteiger partial charge on any atom is -0.399 e. The number of nitrogens with two attached hydrogens (primary N) is 1. The highest BCUT2D eigenvalue weighted by Crippen LogP contribution is 2.25. The highest BCUT2D eigenvalue weighted by atomic mass is 16.5. The Morgan fingerprint density at radius 3 is 2.56 bits per heavy atom. The van der Waals surface area contributed by atoms with Crippen molar-refractivity contribution in [3.8, 4) is 0 Å². The largest absolute Gasteiger partial charge is 0.399 e. The lowest BCUT2D eigenvalue weighted by atomic mass is 10.1. The molecule has 3 nitrogen and oxygen atoms in total. The average molecular weight is 220 g/mol. The van der Waals surface area contributed by atoms with E-state index in [0.29, 0.717) is 6.10 Å². The molecule has 1 fully saturated rings. The smallest absolute Gasteiger partial charge is 0.0605 e. The highest BCUT2D eigenvalue weighted by molar-refractivity contribution is 5.59. The van der Waals surface area contributed by atoms with Gasteiger partial charge in [0.1, 0.15) is 0 Å². The van der Waals surface area contributed by atoms with Gasteiger partial charge in [-0.15, -0.1) is 0 Å². The van der Waals surface area contributed by atoms with E-state index in [2.05, 4.69) is 17.9 Å². The Bertz CT molecular complexity index is 357. The SMILES string of the molecule is COC1CCN(c2ccc(N)cc2C)CC1. The van der Waals surface area contributed by atoms with Gasteiger partial charge in [0.2, 0.25) is 0 Å². The number of aryl methyl sites for hydroxylation is 1. The summed E-state index contributed by atoms with van der Waals surface area (Å²) in [7, 11) is 1.80. The van der Waals surface area contributed by atoms with Crippen LogP contribution in [0.15, 0.2) is 18.2 Å². The quantitative estimate of drug-likeness (QED) is 0.776. The fraction of sp³-hybridized carbons (Fsp3) is 0.538. The molecule has 0 bridgehead atoms. The third kappa shape index (κ3) is 2.30. The van der Waals surface area contributed by atoms with Gasteiger partial charge in [0.05, 0.1) is 6.10 Å². The lowest BCUT2D eigenvalue weighted by Gasteiger charge is -2.33. The number of benzene rings is 1. The highest BCUT2D eigenvalue weighted by Gasteiger charge is 2.19. The molecule has 3 heteroatoms. The van der Waals surface area contributed by atoms with Gasteiger partial charge in [-0.25, -0.2) is 0 Å². The van der Waals surface area contributed by atoms with Crippen molar-refractivity contribution in [3.63, 3.8) is 0 Å². The number of methoxy groups -OCH3 is 1. The molecule has 16 heavy (non-hydrogen) atoms. The van der Waals surface area contributed by atoms with Gasteiger partial charge in [0, 0.05) is 31.6 Å². The van der Waals surface area contributed by atoms with Crippen LogP contribution in [-0.2, 0) is 4.74 Å². The van der Waals surface area contributed by atoms with Gasteiger partial charge in [-0.3, -0.25) is 0 Å². The number of hydrogen-bond donors (Lipinski definition) is 1. The van der Waals surface area contributed by atoms with Gasteiger partial charge in [-0.1, -0.05) is 0 Å². The van der Waals surface area contributed by atoms with E-state index in [-0.39, 0.29) is 0 Å². The number of nitrogens with zero attached hydrogens (tertiary/aromatic N) is 1. The number of anilines is 2. The van der Waals surface area contributed by atoms with E-state index < -0.39 is 0 Å². The van der Waals surface area contributed by atoms with Crippen LogP contribution in [0, 0.1) is 6.92 Å². The second-order valence-corrected chi connectivity index (χ2v) is 4.47. The van der Waals surface area contributed by atoms with Gasteiger partial charge in [-0.05, 0) is 43.5 Å². The Hall–Kier alpha value is -1.22. The fourth-order valence-corrected chi connectivity index (χ4v) is 2.37. The molecular weight excluding hydrogens is 200 g/mol. The van der Waals surface area contributed by atoms with Crippen LogP contribution in [0.2, 0.25) is 0 Å². The molecular formula is C13H20N2O. The number of piperidine rings is 1. The standard InChI is InChI=1S/C13H20N2O/c1-10-9-11(14)3-4-13(10)15-7-5-12(16-2)6-8-15/h3-4,9,12H,5-8,14H2,1-2H3. The first-order chi connectivity index (χ1) is 7.70. The van der Waals surface area contributed by atoms with Crippen LogP contribution in [0.5, 0.6) is 0 Å². The number of nitrogen functional groups attached to an aromatic ring is 1. The summed E-state index contributed by atoms with van der Waals surface area (Å²) in [5.41, 5.74) is 9.17. The van der Waals surface area contributed by atoms with E-state index >= 15 is 0 Å². The third-order valence-electron chi connectivity index (χ3n) is 3.34. The molecule has 88 valence electrons. The Morgan fingerprint density at radius 2 is 2.00 bits per heavy atom. The lowest BCUT2D eigenvalue weighted by Crippen LogP contribution is -2.36. The molecule has 1 aliphatic heterocycles. The fourth-order valence-electron chi connectivity index (χ4n) is 2.37. The van der Waals surface area contributed by atoms with E-state index in [1.54, 1.807) is 7.11 Å². The number of ether oxygens (including phenoxy) is 1. The molecule has 2 rings (SSSR count). The molecule has 0 atom stereocenters. The van der Waals surface area contributed by atoms with Crippen molar-refractivity contribution in [1.82, 2.24) is 0 Å². The normalized spacial score (nSPS) is 17.8. The molecule has 0 radical (unpaired) electrons. The Morgan fingerprint density at radius 1 is 1.31 bits per heavy atom. The maximum atomic E-state index is 5.76. The van der Waals surface area contributed by atoms with Gasteiger partial charge in [0.25, 0.3) is 0 Å². The average Bonchev–Trinajstić information content (AvgIpc) is 2.29. The number of hydrogen-bond acceptors (Lipinski definition) is 3. The minimum absolute atomic E-state index is 0.435. The Balaban J connectivity index is 2.08. The van der Waals surface area contributed by atoms with E-state index in [1.807, 2.05) is 12.1 Å². The van der Waals surface area contributed by atoms with Crippen molar-refractivity contribution in [1.29, 1.82) is 0 Å².